The van der Waals surface area contributed by atoms with Crippen LogP contribution in [0.2, 0.25) is 0 Å². The number of nitrogens with zero attached hydrogens (tertiary/aromatic N) is 2. The van der Waals surface area contributed by atoms with Gasteiger partial charge in [0.2, 0.25) is 11.1 Å². The van der Waals surface area contributed by atoms with Crippen molar-refractivity contribution >= 4 is 23.7 Å². The van der Waals surface area contributed by atoms with E-state index in [2.05, 4.69) is 25.8 Å². The van der Waals surface area contributed by atoms with Gasteiger partial charge in [-0.2, -0.15) is 0 Å². The molecule has 8 heteroatoms. The summed E-state index contributed by atoms with van der Waals surface area (Å²) in [6.45, 7) is 5.95. The predicted octanol–water partition coefficient (Wildman–Crippen LogP) is 2.11. The second kappa shape index (κ2) is 7.77. The molecule has 0 spiro atoms. The number of nitrogens with one attached hydrogen (secondary N) is 3. The lowest BCUT2D eigenvalue weighted by atomic mass is 10.1. The second-order valence-corrected chi connectivity index (χ2v) is 6.25. The molecule has 0 aliphatic carbocycles. The minimum atomic E-state index is -0.500. The van der Waals surface area contributed by atoms with E-state index in [9.17, 15) is 9.59 Å². The monoisotopic (exact) mass is 333 g/mol. The van der Waals surface area contributed by atoms with Gasteiger partial charge in [0.05, 0.1) is 5.25 Å². The van der Waals surface area contributed by atoms with Gasteiger partial charge in [-0.1, -0.05) is 41.6 Å². The van der Waals surface area contributed by atoms with Gasteiger partial charge < -0.3 is 5.32 Å². The van der Waals surface area contributed by atoms with E-state index in [0.717, 1.165) is 5.56 Å². The van der Waals surface area contributed by atoms with Crippen LogP contribution < -0.4 is 10.6 Å². The molecule has 1 heterocycles. The molecule has 0 saturated heterocycles. The Hall–Kier alpha value is -2.35. The van der Waals surface area contributed by atoms with Gasteiger partial charge in [-0.3, -0.25) is 15.2 Å². The van der Waals surface area contributed by atoms with E-state index in [1.165, 1.54) is 17.3 Å². The number of carbonyl (C=O) groups is 2. The molecule has 0 saturated carbocycles. The Kier molecular flexibility index (Phi) is 5.75. The van der Waals surface area contributed by atoms with Crippen molar-refractivity contribution < 1.29 is 9.59 Å². The van der Waals surface area contributed by atoms with Crippen molar-refractivity contribution in [2.45, 2.75) is 31.2 Å². The Bertz CT molecular complexity index is 683. The molecule has 3 N–H and O–H groups in total. The number of hydrogen-bond donors (Lipinski definition) is 3. The van der Waals surface area contributed by atoms with Crippen molar-refractivity contribution in [2.75, 3.05) is 6.54 Å². The Labute approximate surface area is 138 Å². The van der Waals surface area contributed by atoms with Crippen molar-refractivity contribution in [2.24, 2.45) is 0 Å². The third kappa shape index (κ3) is 4.82. The van der Waals surface area contributed by atoms with Crippen LogP contribution in [-0.4, -0.2) is 38.9 Å². The molecule has 1 aromatic carbocycles. The van der Waals surface area contributed by atoms with E-state index in [4.69, 9.17) is 0 Å². The van der Waals surface area contributed by atoms with Gasteiger partial charge in [0.1, 0.15) is 0 Å². The molecule has 1 aromatic heterocycles. The van der Waals surface area contributed by atoms with Gasteiger partial charge in [-0.25, -0.2) is 9.78 Å². The highest BCUT2D eigenvalue weighted by Gasteiger charge is 2.19. The minimum absolute atomic E-state index is 0.386. The van der Waals surface area contributed by atoms with Crippen LogP contribution in [0.3, 0.4) is 0 Å². The van der Waals surface area contributed by atoms with E-state index in [0.29, 0.717) is 17.5 Å². The van der Waals surface area contributed by atoms with Gasteiger partial charge in [0.15, 0.2) is 5.82 Å². The Morgan fingerprint density at radius 3 is 2.65 bits per heavy atom. The number of H-pyrrole nitrogens is 1. The number of amides is 3. The number of imide groups is 1. The number of carbonyl (C=O) groups excluding carboxylic acids is 2. The maximum atomic E-state index is 11.9. The van der Waals surface area contributed by atoms with E-state index < -0.39 is 11.3 Å². The summed E-state index contributed by atoms with van der Waals surface area (Å²) in [5, 5.41) is 11.7. The first-order valence-corrected chi connectivity index (χ1v) is 8.12. The molecular formula is C15H19N5O2S. The first-order chi connectivity index (χ1) is 11.0. The van der Waals surface area contributed by atoms with Crippen LogP contribution in [0.1, 0.15) is 19.4 Å². The molecular weight excluding hydrogens is 314 g/mol. The van der Waals surface area contributed by atoms with Crippen LogP contribution in [0.5, 0.6) is 0 Å². The topological polar surface area (TPSA) is 99.8 Å². The number of aromatic nitrogens is 3. The van der Waals surface area contributed by atoms with Gasteiger partial charge in [-0.05, 0) is 20.8 Å². The van der Waals surface area contributed by atoms with Crippen LogP contribution in [0.25, 0.3) is 11.4 Å². The lowest BCUT2D eigenvalue weighted by Crippen LogP contribution is -2.42. The second-order valence-electron chi connectivity index (χ2n) is 4.94. The number of urea groups is 1. The SMILES string of the molecule is CCNC(=O)NC(=O)C(C)Sc1n[nH]c(-c2ccc(C)cc2)n1. The fraction of sp³-hybridized carbons (Fsp3) is 0.333. The van der Waals surface area contributed by atoms with E-state index in [-0.39, 0.29) is 5.91 Å². The van der Waals surface area contributed by atoms with Crippen LogP contribution >= 0.6 is 11.8 Å². The van der Waals surface area contributed by atoms with Crippen molar-refractivity contribution in [1.82, 2.24) is 25.8 Å². The summed E-state index contributed by atoms with van der Waals surface area (Å²) in [7, 11) is 0. The zero-order valence-electron chi connectivity index (χ0n) is 13.2. The average molecular weight is 333 g/mol. The lowest BCUT2D eigenvalue weighted by molar-refractivity contribution is -0.119. The highest BCUT2D eigenvalue weighted by molar-refractivity contribution is 8.00. The van der Waals surface area contributed by atoms with Crippen LogP contribution in [0.4, 0.5) is 4.79 Å². The number of rotatable bonds is 5. The molecule has 122 valence electrons. The summed E-state index contributed by atoms with van der Waals surface area (Å²) < 4.78 is 0. The van der Waals surface area contributed by atoms with Gasteiger partial charge in [0, 0.05) is 12.1 Å². The number of benzene rings is 1. The zero-order valence-corrected chi connectivity index (χ0v) is 14.0. The quantitative estimate of drug-likeness (QED) is 0.728. The van der Waals surface area contributed by atoms with Crippen molar-refractivity contribution in [3.8, 4) is 11.4 Å². The standard InChI is InChI=1S/C15H19N5O2S/c1-4-16-14(22)18-13(21)10(3)23-15-17-12(19-20-15)11-7-5-9(2)6-8-11/h5-8,10H,4H2,1-3H3,(H,17,19,20)(H2,16,18,21,22). The van der Waals surface area contributed by atoms with Gasteiger partial charge >= 0.3 is 6.03 Å². The predicted molar refractivity (Wildman–Crippen MR) is 89.1 cm³/mol. The summed E-state index contributed by atoms with van der Waals surface area (Å²) in [5.41, 5.74) is 2.09. The molecule has 3 amide bonds. The molecule has 23 heavy (non-hydrogen) atoms. The highest BCUT2D eigenvalue weighted by atomic mass is 32.2. The third-order valence-corrected chi connectivity index (χ3v) is 3.98. The molecule has 1 atom stereocenters. The number of aryl methyl sites for hydroxylation is 1. The first kappa shape index (κ1) is 17.0. The number of hydrogen-bond acceptors (Lipinski definition) is 5. The Morgan fingerprint density at radius 2 is 2.00 bits per heavy atom. The third-order valence-electron chi connectivity index (χ3n) is 3.02. The summed E-state index contributed by atoms with van der Waals surface area (Å²) in [6.07, 6.45) is 0. The van der Waals surface area contributed by atoms with Crippen molar-refractivity contribution in [1.29, 1.82) is 0 Å². The highest BCUT2D eigenvalue weighted by Crippen LogP contribution is 2.22. The molecule has 0 aliphatic heterocycles. The molecule has 1 unspecified atom stereocenters. The molecule has 0 fully saturated rings. The fourth-order valence-corrected chi connectivity index (χ4v) is 2.49. The Balaban J connectivity index is 1.97. The van der Waals surface area contributed by atoms with Crippen LogP contribution in [0.15, 0.2) is 29.4 Å². The van der Waals surface area contributed by atoms with Gasteiger partial charge in [0.25, 0.3) is 0 Å². The molecule has 0 bridgehead atoms. The zero-order chi connectivity index (χ0) is 16.8. The molecule has 0 aliphatic rings. The van der Waals surface area contributed by atoms with Crippen molar-refractivity contribution in [3.05, 3.63) is 29.8 Å². The van der Waals surface area contributed by atoms with E-state index in [1.807, 2.05) is 31.2 Å². The van der Waals surface area contributed by atoms with Crippen LogP contribution in [-0.2, 0) is 4.79 Å². The lowest BCUT2D eigenvalue weighted by Gasteiger charge is -2.09. The molecule has 2 aromatic rings. The molecule has 0 radical (unpaired) electrons. The Morgan fingerprint density at radius 1 is 1.30 bits per heavy atom. The summed E-state index contributed by atoms with van der Waals surface area (Å²) in [4.78, 5) is 27.6. The molecule has 2 rings (SSSR count). The maximum Gasteiger partial charge on any atom is 0.321 e. The summed E-state index contributed by atoms with van der Waals surface area (Å²) in [5.74, 6) is 0.256. The van der Waals surface area contributed by atoms with Crippen LogP contribution in [0, 0.1) is 6.92 Å². The fourth-order valence-electron chi connectivity index (χ4n) is 1.77. The largest absolute Gasteiger partial charge is 0.338 e. The minimum Gasteiger partial charge on any atom is -0.338 e. The summed E-state index contributed by atoms with van der Waals surface area (Å²) in [6, 6.07) is 7.39. The van der Waals surface area contributed by atoms with Gasteiger partial charge in [-0.15, -0.1) is 5.10 Å². The number of aromatic amines is 1. The molecule has 7 nitrogen and oxygen atoms in total. The van der Waals surface area contributed by atoms with E-state index in [1.54, 1.807) is 13.8 Å². The summed E-state index contributed by atoms with van der Waals surface area (Å²) >= 11 is 1.18. The average Bonchev–Trinajstić information content (AvgIpc) is 2.96. The smallest absolute Gasteiger partial charge is 0.321 e. The maximum absolute atomic E-state index is 11.9. The van der Waals surface area contributed by atoms with Crippen molar-refractivity contribution in [3.63, 3.8) is 0 Å². The normalized spacial score (nSPS) is 11.8. The first-order valence-electron chi connectivity index (χ1n) is 7.24. The number of thioether (sulfide) groups is 1. The van der Waals surface area contributed by atoms with E-state index >= 15 is 0 Å².